The number of rotatable bonds is 5. The van der Waals surface area contributed by atoms with Crippen LogP contribution < -0.4 is 11.1 Å². The van der Waals surface area contributed by atoms with Gasteiger partial charge in [0.15, 0.2) is 0 Å². The fourth-order valence-corrected chi connectivity index (χ4v) is 2.38. The van der Waals surface area contributed by atoms with Crippen molar-refractivity contribution in [3.63, 3.8) is 0 Å². The number of nitrogens with one attached hydrogen (secondary N) is 1. The summed E-state index contributed by atoms with van der Waals surface area (Å²) in [5, 5.41) is 3.47. The van der Waals surface area contributed by atoms with E-state index in [1.165, 1.54) is 25.7 Å². The molecule has 0 unspecified atom stereocenters. The first-order valence-electron chi connectivity index (χ1n) is 5.85. The maximum absolute atomic E-state index is 10.8. The third kappa shape index (κ3) is 4.18. The number of amides is 1. The van der Waals surface area contributed by atoms with Gasteiger partial charge in [0.2, 0.25) is 5.91 Å². The van der Waals surface area contributed by atoms with Gasteiger partial charge in [-0.2, -0.15) is 0 Å². The van der Waals surface area contributed by atoms with Crippen LogP contribution in [0.15, 0.2) is 0 Å². The van der Waals surface area contributed by atoms with Crippen LogP contribution >= 0.6 is 0 Å². The van der Waals surface area contributed by atoms with Gasteiger partial charge in [0.05, 0.1) is 6.54 Å². The Kier molecular flexibility index (Phi) is 5.05. The minimum absolute atomic E-state index is 0.230. The largest absolute Gasteiger partial charge is 0.369 e. The molecule has 0 atom stereocenters. The third-order valence-electron chi connectivity index (χ3n) is 3.22. The fraction of sp³-hybridized carbons (Fsp3) is 0.909. The quantitative estimate of drug-likeness (QED) is 0.691. The zero-order valence-corrected chi connectivity index (χ0v) is 9.83. The summed E-state index contributed by atoms with van der Waals surface area (Å²) in [6, 6.07) is 1.21. The van der Waals surface area contributed by atoms with Gasteiger partial charge in [-0.1, -0.05) is 6.92 Å². The molecule has 4 nitrogen and oxygen atoms in total. The van der Waals surface area contributed by atoms with Crippen molar-refractivity contribution in [3.05, 3.63) is 0 Å². The highest BCUT2D eigenvalue weighted by atomic mass is 16.1. The fourth-order valence-electron chi connectivity index (χ4n) is 2.38. The second-order valence-corrected chi connectivity index (χ2v) is 4.44. The van der Waals surface area contributed by atoms with Gasteiger partial charge < -0.3 is 11.1 Å². The first-order chi connectivity index (χ1) is 7.13. The second kappa shape index (κ2) is 6.08. The standard InChI is InChI=1S/C11H23N3O/c1-3-13-9-4-6-10(7-5-9)14(2)8-11(12)15/h9-10,13H,3-8H2,1-2H3,(H2,12,15). The summed E-state index contributed by atoms with van der Waals surface area (Å²) in [6.45, 7) is 3.58. The summed E-state index contributed by atoms with van der Waals surface area (Å²) in [6.07, 6.45) is 4.76. The van der Waals surface area contributed by atoms with E-state index in [0.29, 0.717) is 18.6 Å². The van der Waals surface area contributed by atoms with Crippen LogP contribution in [0.1, 0.15) is 32.6 Å². The molecule has 0 aliphatic heterocycles. The molecule has 3 N–H and O–H groups in total. The highest BCUT2D eigenvalue weighted by molar-refractivity contribution is 5.75. The van der Waals surface area contributed by atoms with Crippen LogP contribution in [0.4, 0.5) is 0 Å². The van der Waals surface area contributed by atoms with E-state index in [0.717, 1.165) is 6.54 Å². The third-order valence-corrected chi connectivity index (χ3v) is 3.22. The van der Waals surface area contributed by atoms with E-state index in [2.05, 4.69) is 17.1 Å². The van der Waals surface area contributed by atoms with Crippen molar-refractivity contribution in [1.29, 1.82) is 0 Å². The Labute approximate surface area is 92.2 Å². The summed E-state index contributed by atoms with van der Waals surface area (Å²) in [5.41, 5.74) is 5.18. The van der Waals surface area contributed by atoms with E-state index >= 15 is 0 Å². The molecule has 4 heteroatoms. The Bertz CT molecular complexity index is 200. The number of nitrogens with two attached hydrogens (primary N) is 1. The molecule has 1 aliphatic carbocycles. The van der Waals surface area contributed by atoms with Gasteiger partial charge in [0.25, 0.3) is 0 Å². The van der Waals surface area contributed by atoms with Crippen LogP contribution in [-0.4, -0.2) is 43.0 Å². The summed E-state index contributed by atoms with van der Waals surface area (Å²) in [7, 11) is 1.99. The molecule has 1 amide bonds. The number of carbonyl (C=O) groups excluding carboxylic acids is 1. The van der Waals surface area contributed by atoms with Crippen molar-refractivity contribution < 1.29 is 4.79 Å². The van der Waals surface area contributed by atoms with Gasteiger partial charge in [-0.05, 0) is 39.3 Å². The number of carbonyl (C=O) groups is 1. The Balaban J connectivity index is 2.27. The number of primary amides is 1. The van der Waals surface area contributed by atoms with Gasteiger partial charge in [-0.3, -0.25) is 9.69 Å². The van der Waals surface area contributed by atoms with E-state index in [1.54, 1.807) is 0 Å². The minimum Gasteiger partial charge on any atom is -0.369 e. The van der Waals surface area contributed by atoms with E-state index in [-0.39, 0.29) is 5.91 Å². The molecule has 0 aromatic carbocycles. The van der Waals surface area contributed by atoms with E-state index in [1.807, 2.05) is 7.05 Å². The SMILES string of the molecule is CCNC1CCC(N(C)CC(N)=O)CC1. The maximum Gasteiger partial charge on any atom is 0.231 e. The molecule has 1 fully saturated rings. The predicted molar refractivity (Wildman–Crippen MR) is 61.5 cm³/mol. The number of likely N-dealkylation sites (N-methyl/N-ethyl adjacent to an activating group) is 1. The predicted octanol–water partition coefficient (Wildman–Crippen LogP) is 0.324. The monoisotopic (exact) mass is 213 g/mol. The Morgan fingerprint density at radius 3 is 2.47 bits per heavy atom. The van der Waals surface area contributed by atoms with Gasteiger partial charge in [-0.15, -0.1) is 0 Å². The van der Waals surface area contributed by atoms with Crippen LogP contribution in [0, 0.1) is 0 Å². The normalized spacial score (nSPS) is 26.9. The lowest BCUT2D eigenvalue weighted by atomic mass is 9.90. The molecule has 0 aromatic rings. The minimum atomic E-state index is -0.230. The lowest BCUT2D eigenvalue weighted by molar-refractivity contribution is -0.119. The first-order valence-corrected chi connectivity index (χ1v) is 5.85. The van der Waals surface area contributed by atoms with Crippen molar-refractivity contribution in [1.82, 2.24) is 10.2 Å². The smallest absolute Gasteiger partial charge is 0.231 e. The lowest BCUT2D eigenvalue weighted by Gasteiger charge is -2.34. The molecule has 0 saturated heterocycles. The molecular weight excluding hydrogens is 190 g/mol. The van der Waals surface area contributed by atoms with Crippen molar-refractivity contribution >= 4 is 5.91 Å². The van der Waals surface area contributed by atoms with Crippen molar-refractivity contribution in [2.45, 2.75) is 44.7 Å². The van der Waals surface area contributed by atoms with E-state index < -0.39 is 0 Å². The number of hydrogen-bond acceptors (Lipinski definition) is 3. The van der Waals surface area contributed by atoms with Crippen LogP contribution in [-0.2, 0) is 4.79 Å². The molecule has 0 aromatic heterocycles. The van der Waals surface area contributed by atoms with Crippen LogP contribution in [0.5, 0.6) is 0 Å². The molecule has 15 heavy (non-hydrogen) atoms. The molecule has 0 spiro atoms. The van der Waals surface area contributed by atoms with Crippen LogP contribution in [0.25, 0.3) is 0 Å². The number of nitrogens with zero attached hydrogens (tertiary/aromatic N) is 1. The van der Waals surface area contributed by atoms with Gasteiger partial charge in [-0.25, -0.2) is 0 Å². The van der Waals surface area contributed by atoms with E-state index in [4.69, 9.17) is 5.73 Å². The molecule has 1 rings (SSSR count). The van der Waals surface area contributed by atoms with Gasteiger partial charge >= 0.3 is 0 Å². The molecule has 88 valence electrons. The lowest BCUT2D eigenvalue weighted by Crippen LogP contribution is -2.43. The van der Waals surface area contributed by atoms with Gasteiger partial charge in [0.1, 0.15) is 0 Å². The summed E-state index contributed by atoms with van der Waals surface area (Å²) < 4.78 is 0. The summed E-state index contributed by atoms with van der Waals surface area (Å²) >= 11 is 0. The average Bonchev–Trinajstić information content (AvgIpc) is 2.18. The van der Waals surface area contributed by atoms with Crippen molar-refractivity contribution in [2.75, 3.05) is 20.1 Å². The molecule has 0 radical (unpaired) electrons. The molecular formula is C11H23N3O. The second-order valence-electron chi connectivity index (χ2n) is 4.44. The molecule has 0 bridgehead atoms. The maximum atomic E-state index is 10.8. The van der Waals surface area contributed by atoms with Crippen LogP contribution in [0.2, 0.25) is 0 Å². The van der Waals surface area contributed by atoms with Crippen LogP contribution in [0.3, 0.4) is 0 Å². The highest BCUT2D eigenvalue weighted by Gasteiger charge is 2.23. The number of hydrogen-bond donors (Lipinski definition) is 2. The topological polar surface area (TPSA) is 58.4 Å². The zero-order chi connectivity index (χ0) is 11.3. The Morgan fingerprint density at radius 2 is 2.00 bits per heavy atom. The summed E-state index contributed by atoms with van der Waals surface area (Å²) in [5.74, 6) is -0.230. The van der Waals surface area contributed by atoms with Crippen molar-refractivity contribution in [2.24, 2.45) is 5.73 Å². The highest BCUT2D eigenvalue weighted by Crippen LogP contribution is 2.21. The molecule has 0 heterocycles. The zero-order valence-electron chi connectivity index (χ0n) is 9.83. The van der Waals surface area contributed by atoms with E-state index in [9.17, 15) is 4.79 Å². The Hall–Kier alpha value is -0.610. The Morgan fingerprint density at radius 1 is 1.40 bits per heavy atom. The first kappa shape index (κ1) is 12.5. The van der Waals surface area contributed by atoms with Gasteiger partial charge in [0, 0.05) is 12.1 Å². The average molecular weight is 213 g/mol. The molecule has 1 saturated carbocycles. The summed E-state index contributed by atoms with van der Waals surface area (Å²) in [4.78, 5) is 12.9. The van der Waals surface area contributed by atoms with Crippen molar-refractivity contribution in [3.8, 4) is 0 Å². The molecule has 1 aliphatic rings.